The number of hydrogen-bond donors (Lipinski definition) is 1. The van der Waals surface area contributed by atoms with Crippen molar-refractivity contribution in [2.24, 2.45) is 5.92 Å². The highest BCUT2D eigenvalue weighted by atomic mass is 16.6. The molecule has 9 nitrogen and oxygen atoms in total. The van der Waals surface area contributed by atoms with E-state index in [0.717, 1.165) is 4.90 Å². The number of Topliss-reactive ketones (excluding diaryl/α,β-unsaturated/α-hetero) is 1. The largest absolute Gasteiger partial charge is 0.468 e. The molecule has 1 N–H and O–H groups in total. The monoisotopic (exact) mass is 421 g/mol. The van der Waals surface area contributed by atoms with Gasteiger partial charge in [0.05, 0.1) is 13.2 Å². The standard InChI is InChI=1S/C21H31N3O6/c1-13(2)10-16(23-14(3)25)19(27)15-8-9-22-17(11-15)24(12-18(26)29-7)20(28)30-21(4,5)6/h8-9,11,13,16H,10,12H2,1-7H3,(H,23,25)/t16-/m0/s1. The van der Waals surface area contributed by atoms with Gasteiger partial charge in [0, 0.05) is 18.7 Å². The summed E-state index contributed by atoms with van der Waals surface area (Å²) in [4.78, 5) is 54.1. The van der Waals surface area contributed by atoms with Crippen LogP contribution in [0, 0.1) is 5.92 Å². The fraction of sp³-hybridized carbons (Fsp3) is 0.571. The van der Waals surface area contributed by atoms with E-state index in [9.17, 15) is 19.2 Å². The number of nitrogens with zero attached hydrogens (tertiary/aromatic N) is 2. The molecule has 0 saturated carbocycles. The maximum atomic E-state index is 13.0. The minimum Gasteiger partial charge on any atom is -0.468 e. The molecule has 0 aliphatic rings. The van der Waals surface area contributed by atoms with Gasteiger partial charge in [0.25, 0.3) is 0 Å². The summed E-state index contributed by atoms with van der Waals surface area (Å²) in [5, 5.41) is 2.67. The van der Waals surface area contributed by atoms with E-state index in [1.807, 2.05) is 13.8 Å². The Bertz CT molecular complexity index is 785. The van der Waals surface area contributed by atoms with Crippen molar-refractivity contribution in [1.82, 2.24) is 10.3 Å². The van der Waals surface area contributed by atoms with E-state index < -0.39 is 30.3 Å². The zero-order valence-corrected chi connectivity index (χ0v) is 18.6. The lowest BCUT2D eigenvalue weighted by Crippen LogP contribution is -2.42. The van der Waals surface area contributed by atoms with Crippen LogP contribution < -0.4 is 10.2 Å². The highest BCUT2D eigenvalue weighted by Gasteiger charge is 2.28. The fourth-order valence-electron chi connectivity index (χ4n) is 2.62. The molecular weight excluding hydrogens is 390 g/mol. The van der Waals surface area contributed by atoms with E-state index in [4.69, 9.17) is 4.74 Å². The Morgan fingerprint density at radius 3 is 2.33 bits per heavy atom. The molecule has 0 radical (unpaired) electrons. The lowest BCUT2D eigenvalue weighted by Gasteiger charge is -2.26. The fourth-order valence-corrected chi connectivity index (χ4v) is 2.62. The van der Waals surface area contributed by atoms with E-state index in [1.54, 1.807) is 20.8 Å². The summed E-state index contributed by atoms with van der Waals surface area (Å²) in [7, 11) is 1.20. The van der Waals surface area contributed by atoms with Crippen LogP contribution in [0.15, 0.2) is 18.3 Å². The molecule has 2 amide bonds. The molecule has 0 spiro atoms. The number of rotatable bonds is 8. The number of methoxy groups -OCH3 is 1. The van der Waals surface area contributed by atoms with Gasteiger partial charge < -0.3 is 14.8 Å². The van der Waals surface area contributed by atoms with Gasteiger partial charge in [-0.05, 0) is 45.2 Å². The third-order valence-corrected chi connectivity index (χ3v) is 3.84. The molecule has 166 valence electrons. The SMILES string of the molecule is COC(=O)CN(C(=O)OC(C)(C)C)c1cc(C(=O)[C@H](CC(C)C)NC(C)=O)ccn1. The lowest BCUT2D eigenvalue weighted by atomic mass is 9.96. The number of aromatic nitrogens is 1. The number of anilines is 1. The van der Waals surface area contributed by atoms with Gasteiger partial charge in [-0.15, -0.1) is 0 Å². The molecule has 1 aromatic rings. The Morgan fingerprint density at radius 1 is 1.20 bits per heavy atom. The van der Waals surface area contributed by atoms with Crippen LogP contribution in [0.25, 0.3) is 0 Å². The van der Waals surface area contributed by atoms with Gasteiger partial charge in [0.15, 0.2) is 5.78 Å². The van der Waals surface area contributed by atoms with Crippen LogP contribution in [0.2, 0.25) is 0 Å². The molecular formula is C21H31N3O6. The van der Waals surface area contributed by atoms with Crippen molar-refractivity contribution in [3.63, 3.8) is 0 Å². The third kappa shape index (κ3) is 8.18. The first-order valence-corrected chi connectivity index (χ1v) is 9.68. The van der Waals surface area contributed by atoms with Crippen molar-refractivity contribution in [3.05, 3.63) is 23.9 Å². The van der Waals surface area contributed by atoms with Gasteiger partial charge in [-0.3, -0.25) is 19.3 Å². The maximum absolute atomic E-state index is 13.0. The summed E-state index contributed by atoms with van der Waals surface area (Å²) in [6.07, 6.45) is 1.01. The molecule has 0 aliphatic carbocycles. The first-order valence-electron chi connectivity index (χ1n) is 9.68. The molecule has 0 bridgehead atoms. The second-order valence-corrected chi connectivity index (χ2v) is 8.29. The summed E-state index contributed by atoms with van der Waals surface area (Å²) in [6, 6.07) is 2.17. The van der Waals surface area contributed by atoms with Crippen LogP contribution in [-0.2, 0) is 19.1 Å². The van der Waals surface area contributed by atoms with Gasteiger partial charge in [-0.1, -0.05) is 13.8 Å². The van der Waals surface area contributed by atoms with Crippen LogP contribution in [-0.4, -0.2) is 54.0 Å². The molecule has 1 aromatic heterocycles. The van der Waals surface area contributed by atoms with Crippen molar-refractivity contribution >= 4 is 29.6 Å². The Kier molecular flexibility index (Phi) is 8.94. The Morgan fingerprint density at radius 2 is 1.83 bits per heavy atom. The smallest absolute Gasteiger partial charge is 0.416 e. The molecule has 1 atom stereocenters. The second kappa shape index (κ2) is 10.7. The van der Waals surface area contributed by atoms with E-state index in [2.05, 4.69) is 15.0 Å². The summed E-state index contributed by atoms with van der Waals surface area (Å²) in [6.45, 7) is 9.88. The van der Waals surface area contributed by atoms with Crippen LogP contribution in [0.1, 0.15) is 58.3 Å². The first kappa shape index (κ1) is 25.1. The number of ketones is 1. The van der Waals surface area contributed by atoms with Gasteiger partial charge in [-0.25, -0.2) is 9.78 Å². The maximum Gasteiger partial charge on any atom is 0.416 e. The number of nitrogens with one attached hydrogen (secondary N) is 1. The molecule has 9 heteroatoms. The Hall–Kier alpha value is -2.97. The quantitative estimate of drug-likeness (QED) is 0.507. The van der Waals surface area contributed by atoms with Crippen LogP contribution >= 0.6 is 0 Å². The van der Waals surface area contributed by atoms with E-state index in [0.29, 0.717) is 6.42 Å². The van der Waals surface area contributed by atoms with Crippen molar-refractivity contribution in [2.45, 2.75) is 59.6 Å². The Labute approximate surface area is 177 Å². The number of ether oxygens (including phenoxy) is 2. The second-order valence-electron chi connectivity index (χ2n) is 8.29. The predicted octanol–water partition coefficient (Wildman–Crippen LogP) is 2.73. The summed E-state index contributed by atoms with van der Waals surface area (Å²) in [5.41, 5.74) is -0.551. The number of pyridine rings is 1. The topological polar surface area (TPSA) is 115 Å². The van der Waals surface area contributed by atoms with Crippen molar-refractivity contribution in [2.75, 3.05) is 18.6 Å². The van der Waals surface area contributed by atoms with Crippen LogP contribution in [0.3, 0.4) is 0 Å². The van der Waals surface area contributed by atoms with Crippen molar-refractivity contribution < 1.29 is 28.7 Å². The normalized spacial score (nSPS) is 12.1. The van der Waals surface area contributed by atoms with Crippen molar-refractivity contribution in [3.8, 4) is 0 Å². The van der Waals surface area contributed by atoms with Gasteiger partial charge in [0.2, 0.25) is 5.91 Å². The molecule has 0 unspecified atom stereocenters. The van der Waals surface area contributed by atoms with Crippen LogP contribution in [0.5, 0.6) is 0 Å². The molecule has 0 fully saturated rings. The number of carbonyl (C=O) groups excluding carboxylic acids is 4. The van der Waals surface area contributed by atoms with E-state index in [-0.39, 0.29) is 29.0 Å². The summed E-state index contributed by atoms with van der Waals surface area (Å²) >= 11 is 0. The number of hydrogen-bond acceptors (Lipinski definition) is 7. The first-order chi connectivity index (χ1) is 13.8. The zero-order valence-electron chi connectivity index (χ0n) is 18.6. The average molecular weight is 421 g/mol. The number of carbonyl (C=O) groups is 4. The van der Waals surface area contributed by atoms with E-state index in [1.165, 1.54) is 32.4 Å². The predicted molar refractivity (Wildman–Crippen MR) is 111 cm³/mol. The minimum absolute atomic E-state index is 0.0617. The minimum atomic E-state index is -0.800. The molecule has 0 aromatic carbocycles. The number of esters is 1. The molecule has 0 saturated heterocycles. The van der Waals surface area contributed by atoms with Crippen LogP contribution in [0.4, 0.5) is 10.6 Å². The molecule has 1 rings (SSSR count). The van der Waals surface area contributed by atoms with Gasteiger partial charge >= 0.3 is 12.1 Å². The summed E-state index contributed by atoms with van der Waals surface area (Å²) in [5.74, 6) is -1.07. The van der Waals surface area contributed by atoms with Gasteiger partial charge in [0.1, 0.15) is 18.0 Å². The highest BCUT2D eigenvalue weighted by molar-refractivity contribution is 6.03. The molecule has 0 aliphatic heterocycles. The molecule has 1 heterocycles. The third-order valence-electron chi connectivity index (χ3n) is 3.84. The highest BCUT2D eigenvalue weighted by Crippen LogP contribution is 2.19. The lowest BCUT2D eigenvalue weighted by molar-refractivity contribution is -0.139. The van der Waals surface area contributed by atoms with Gasteiger partial charge in [-0.2, -0.15) is 0 Å². The zero-order chi connectivity index (χ0) is 23.1. The average Bonchev–Trinajstić information content (AvgIpc) is 2.62. The number of amides is 2. The van der Waals surface area contributed by atoms with Crippen molar-refractivity contribution in [1.29, 1.82) is 0 Å². The Balaban J connectivity index is 3.27. The molecule has 30 heavy (non-hydrogen) atoms. The van der Waals surface area contributed by atoms with E-state index >= 15 is 0 Å². The summed E-state index contributed by atoms with van der Waals surface area (Å²) < 4.78 is 10.0.